The molecule has 80 valence electrons. The van der Waals surface area contributed by atoms with E-state index in [0.717, 1.165) is 32.7 Å². The van der Waals surface area contributed by atoms with E-state index in [1.54, 1.807) is 8.74 Å². The van der Waals surface area contributed by atoms with Gasteiger partial charge >= 0.3 is 97.5 Å². The van der Waals surface area contributed by atoms with Gasteiger partial charge in [-0.2, -0.15) is 0 Å². The third-order valence-corrected chi connectivity index (χ3v) is 11.1. The Bertz CT molecular complexity index is 85.9. The molecule has 1 unspecified atom stereocenters. The minimum absolute atomic E-state index is 0.507. The Labute approximate surface area is 96.5 Å². The van der Waals surface area contributed by atoms with E-state index in [9.17, 15) is 0 Å². The summed E-state index contributed by atoms with van der Waals surface area (Å²) in [6.07, 6.45) is 8.85. The minimum atomic E-state index is 0.507. The molecule has 0 amide bonds. The van der Waals surface area contributed by atoms with Gasteiger partial charge < -0.3 is 0 Å². The summed E-state index contributed by atoms with van der Waals surface area (Å²) in [4.78, 5) is 0. The molecule has 0 spiro atoms. The SMILES string of the molecule is CCCCC[P](CC)[Er][CH2]CC. The van der Waals surface area contributed by atoms with Crippen molar-refractivity contribution in [1.82, 2.24) is 0 Å². The van der Waals surface area contributed by atoms with E-state index >= 15 is 0 Å². The van der Waals surface area contributed by atoms with Crippen molar-refractivity contribution in [3.63, 3.8) is 0 Å². The second-order valence-corrected chi connectivity index (χ2v) is 11.2. The predicted molar refractivity (Wildman–Crippen MR) is 57.0 cm³/mol. The summed E-state index contributed by atoms with van der Waals surface area (Å²) in [5, 5.41) is 0. The van der Waals surface area contributed by atoms with Crippen LogP contribution < -0.4 is 0 Å². The van der Waals surface area contributed by atoms with Crippen LogP contribution in [0.1, 0.15) is 46.5 Å². The first kappa shape index (κ1) is 13.7. The Balaban J connectivity index is 3.26. The topological polar surface area (TPSA) is 0 Å². The van der Waals surface area contributed by atoms with E-state index in [-0.39, 0.29) is 0 Å². The van der Waals surface area contributed by atoms with Crippen molar-refractivity contribution in [2.24, 2.45) is 0 Å². The average Bonchev–Trinajstić information content (AvgIpc) is 2.11. The molecule has 0 radical (unpaired) electrons. The van der Waals surface area contributed by atoms with E-state index in [1.165, 1.54) is 31.8 Å². The van der Waals surface area contributed by atoms with Crippen LogP contribution in [-0.4, -0.2) is 12.3 Å². The molecule has 0 heterocycles. The van der Waals surface area contributed by atoms with Crippen molar-refractivity contribution < 1.29 is 32.7 Å². The number of rotatable bonds is 8. The van der Waals surface area contributed by atoms with E-state index in [0.29, 0.717) is 3.41 Å². The molecular formula is C10H23ErP. The van der Waals surface area contributed by atoms with Gasteiger partial charge in [0, 0.05) is 0 Å². The van der Waals surface area contributed by atoms with Crippen molar-refractivity contribution in [3.8, 4) is 0 Å². The van der Waals surface area contributed by atoms with Crippen LogP contribution >= 0.6 is 3.41 Å². The first-order valence-electron chi connectivity index (χ1n) is 5.09. The van der Waals surface area contributed by atoms with Crippen LogP contribution in [-0.2, 0) is 0 Å². The van der Waals surface area contributed by atoms with Crippen molar-refractivity contribution >= 4 is 3.41 Å². The molecule has 0 aliphatic rings. The first-order chi connectivity index (χ1) is 5.85. The molecule has 0 aliphatic heterocycles. The van der Waals surface area contributed by atoms with Gasteiger partial charge in [0.25, 0.3) is 0 Å². The third kappa shape index (κ3) is 8.28. The van der Waals surface area contributed by atoms with Gasteiger partial charge in [-0.3, -0.25) is 0 Å². The molecule has 0 nitrogen and oxygen atoms in total. The molecule has 0 aromatic carbocycles. The molecule has 0 aromatic rings. The van der Waals surface area contributed by atoms with Crippen LogP contribution in [0.2, 0.25) is 2.58 Å². The Hall–Kier alpha value is 1.68. The Morgan fingerprint density at radius 1 is 1.00 bits per heavy atom. The molecular weight excluding hydrogens is 318 g/mol. The summed E-state index contributed by atoms with van der Waals surface area (Å²) in [7, 11) is 0. The number of hydrogen-bond acceptors (Lipinski definition) is 0. The molecule has 0 N–H and O–H groups in total. The van der Waals surface area contributed by atoms with Crippen LogP contribution in [0.25, 0.3) is 0 Å². The second-order valence-electron chi connectivity index (χ2n) is 2.89. The van der Waals surface area contributed by atoms with E-state index in [4.69, 9.17) is 0 Å². The molecule has 0 saturated carbocycles. The molecule has 0 aliphatic carbocycles. The van der Waals surface area contributed by atoms with Gasteiger partial charge in [0.05, 0.1) is 0 Å². The molecule has 12 heavy (non-hydrogen) atoms. The number of hydrogen-bond donors (Lipinski definition) is 0. The monoisotopic (exact) mass is 340 g/mol. The van der Waals surface area contributed by atoms with E-state index in [2.05, 4.69) is 20.8 Å². The second kappa shape index (κ2) is 10.8. The molecule has 0 aromatic heterocycles. The molecule has 1 atom stereocenters. The van der Waals surface area contributed by atoms with Gasteiger partial charge in [0.2, 0.25) is 0 Å². The zero-order valence-corrected chi connectivity index (χ0v) is 11.4. The van der Waals surface area contributed by atoms with Gasteiger partial charge in [-0.1, -0.05) is 0 Å². The summed E-state index contributed by atoms with van der Waals surface area (Å²) in [6, 6.07) is 0. The molecule has 0 bridgehead atoms. The van der Waals surface area contributed by atoms with Gasteiger partial charge in [-0.15, -0.1) is 0 Å². The summed E-state index contributed by atoms with van der Waals surface area (Å²) in [6.45, 7) is 7.01. The van der Waals surface area contributed by atoms with Gasteiger partial charge in [-0.05, 0) is 0 Å². The Kier molecular flexibility index (Phi) is 12.3. The molecule has 2 heteroatoms. The summed E-state index contributed by atoms with van der Waals surface area (Å²) >= 11 is 0.831. The summed E-state index contributed by atoms with van der Waals surface area (Å²) in [5.41, 5.74) is 0. The maximum absolute atomic E-state index is 2.39. The van der Waals surface area contributed by atoms with Crippen LogP contribution in [0.15, 0.2) is 0 Å². The normalized spacial score (nSPS) is 13.6. The van der Waals surface area contributed by atoms with E-state index < -0.39 is 0 Å². The van der Waals surface area contributed by atoms with Crippen molar-refractivity contribution in [2.75, 3.05) is 12.3 Å². The number of unbranched alkanes of at least 4 members (excludes halogenated alkanes) is 2. The standard InChI is InChI=1S/C7H16P.C3H7.Er/c1-3-5-6-7-8-4-2;1-3-2;/h3-7H2,1-2H3;1,3H2,2H3;/q-1;;+1. The van der Waals surface area contributed by atoms with E-state index in [1.807, 2.05) is 0 Å². The van der Waals surface area contributed by atoms with Crippen molar-refractivity contribution in [3.05, 3.63) is 0 Å². The predicted octanol–water partition coefficient (Wildman–Crippen LogP) is 4.51. The molecule has 0 rings (SSSR count). The molecule has 0 saturated heterocycles. The Morgan fingerprint density at radius 3 is 2.25 bits per heavy atom. The quantitative estimate of drug-likeness (QED) is 0.450. The third-order valence-electron chi connectivity index (χ3n) is 1.64. The maximum atomic E-state index is 2.39. The summed E-state index contributed by atoms with van der Waals surface area (Å²) in [5.74, 6) is 0. The fraction of sp³-hybridized carbons (Fsp3) is 1.00. The van der Waals surface area contributed by atoms with Gasteiger partial charge in [0.15, 0.2) is 0 Å². The van der Waals surface area contributed by atoms with Crippen molar-refractivity contribution in [1.29, 1.82) is 0 Å². The van der Waals surface area contributed by atoms with Gasteiger partial charge in [-0.25, -0.2) is 0 Å². The van der Waals surface area contributed by atoms with Crippen LogP contribution in [0.4, 0.5) is 0 Å². The fourth-order valence-electron chi connectivity index (χ4n) is 0.943. The van der Waals surface area contributed by atoms with Crippen LogP contribution in [0.3, 0.4) is 0 Å². The average molecular weight is 342 g/mol. The first-order valence-corrected chi connectivity index (χ1v) is 10.4. The zero-order chi connectivity index (χ0) is 9.23. The van der Waals surface area contributed by atoms with Gasteiger partial charge in [0.1, 0.15) is 0 Å². The fourth-order valence-corrected chi connectivity index (χ4v) is 8.33. The molecule has 0 fully saturated rings. The van der Waals surface area contributed by atoms with Crippen LogP contribution in [0, 0.1) is 32.7 Å². The van der Waals surface area contributed by atoms with Crippen LogP contribution in [0.5, 0.6) is 0 Å². The Morgan fingerprint density at radius 2 is 1.75 bits per heavy atom. The van der Waals surface area contributed by atoms with Crippen molar-refractivity contribution in [2.45, 2.75) is 49.0 Å². The summed E-state index contributed by atoms with van der Waals surface area (Å²) < 4.78 is 2.05. The zero-order valence-electron chi connectivity index (χ0n) is 8.69.